The van der Waals surface area contributed by atoms with E-state index in [9.17, 15) is 14.4 Å². The lowest BCUT2D eigenvalue weighted by molar-refractivity contribution is -0.167. The molecule has 0 aliphatic carbocycles. The van der Waals surface area contributed by atoms with Crippen LogP contribution in [0.15, 0.2) is 109 Å². The molecule has 0 radical (unpaired) electrons. The predicted octanol–water partition coefficient (Wildman–Crippen LogP) is 14.8. The average molecular weight is 803 g/mol. The summed E-state index contributed by atoms with van der Waals surface area (Å²) >= 11 is 0. The van der Waals surface area contributed by atoms with E-state index in [0.29, 0.717) is 19.3 Å². The second-order valence-electron chi connectivity index (χ2n) is 14.7. The number of hydrogen-bond donors (Lipinski definition) is 0. The fourth-order valence-electron chi connectivity index (χ4n) is 5.79. The molecule has 1 atom stereocenters. The van der Waals surface area contributed by atoms with Crippen molar-refractivity contribution in [3.8, 4) is 0 Å². The normalized spacial score (nSPS) is 13.1. The largest absolute Gasteiger partial charge is 0.462 e. The molecule has 58 heavy (non-hydrogen) atoms. The molecular formula is C52H82O6. The van der Waals surface area contributed by atoms with Gasteiger partial charge in [0.05, 0.1) is 0 Å². The third-order valence-electron chi connectivity index (χ3n) is 9.18. The van der Waals surface area contributed by atoms with E-state index < -0.39 is 6.10 Å². The van der Waals surface area contributed by atoms with Gasteiger partial charge in [-0.2, -0.15) is 0 Å². The molecule has 0 aromatic carbocycles. The molecule has 326 valence electrons. The Morgan fingerprint density at radius 1 is 0.379 bits per heavy atom. The van der Waals surface area contributed by atoms with Gasteiger partial charge >= 0.3 is 17.9 Å². The first-order valence-corrected chi connectivity index (χ1v) is 23.0. The van der Waals surface area contributed by atoms with Gasteiger partial charge in [0.1, 0.15) is 13.2 Å². The highest BCUT2D eigenvalue weighted by atomic mass is 16.6. The Morgan fingerprint density at radius 3 is 1.31 bits per heavy atom. The van der Waals surface area contributed by atoms with Gasteiger partial charge in [0.2, 0.25) is 0 Å². The van der Waals surface area contributed by atoms with Crippen LogP contribution in [0.3, 0.4) is 0 Å². The summed E-state index contributed by atoms with van der Waals surface area (Å²) in [4.78, 5) is 37.7. The average Bonchev–Trinajstić information content (AvgIpc) is 3.22. The van der Waals surface area contributed by atoms with Gasteiger partial charge in [-0.05, 0) is 64.2 Å². The summed E-state index contributed by atoms with van der Waals surface area (Å²) in [5, 5.41) is 0. The zero-order chi connectivity index (χ0) is 42.3. The number of carbonyl (C=O) groups is 3. The van der Waals surface area contributed by atoms with Gasteiger partial charge in [-0.1, -0.05) is 207 Å². The lowest BCUT2D eigenvalue weighted by Gasteiger charge is -2.18. The summed E-state index contributed by atoms with van der Waals surface area (Å²) < 4.78 is 16.6. The van der Waals surface area contributed by atoms with E-state index in [2.05, 4.69) is 69.4 Å². The van der Waals surface area contributed by atoms with Crippen molar-refractivity contribution in [3.63, 3.8) is 0 Å². The molecule has 0 rings (SSSR count). The highest BCUT2D eigenvalue weighted by Crippen LogP contribution is 2.14. The molecule has 0 N–H and O–H groups in total. The fraction of sp³-hybridized carbons (Fsp3) is 0.596. The molecular weight excluding hydrogens is 721 g/mol. The fourth-order valence-corrected chi connectivity index (χ4v) is 5.79. The summed E-state index contributed by atoms with van der Waals surface area (Å²) in [6.45, 7) is 6.25. The van der Waals surface area contributed by atoms with Crippen molar-refractivity contribution in [1.82, 2.24) is 0 Å². The molecule has 6 heteroatoms. The van der Waals surface area contributed by atoms with Crippen LogP contribution in [0.2, 0.25) is 0 Å². The third kappa shape index (κ3) is 43.2. The SMILES string of the molecule is CC\C=C/C=C\C=C/C=C\C=C\C=C/CCCCCC(=O)OCC(COC(=O)CCC/C=C\C/C=C\C/C=C\CC)OC(=O)CCCCCCCCCCCCCC. The van der Waals surface area contributed by atoms with Gasteiger partial charge in [0, 0.05) is 19.3 Å². The zero-order valence-electron chi connectivity index (χ0n) is 37.0. The number of esters is 3. The van der Waals surface area contributed by atoms with Crippen LogP contribution < -0.4 is 0 Å². The lowest BCUT2D eigenvalue weighted by atomic mass is 10.0. The highest BCUT2D eigenvalue weighted by molar-refractivity contribution is 5.71. The first-order chi connectivity index (χ1) is 28.5. The molecule has 0 spiro atoms. The van der Waals surface area contributed by atoms with Gasteiger partial charge in [0.15, 0.2) is 6.10 Å². The maximum Gasteiger partial charge on any atom is 0.306 e. The number of carbonyl (C=O) groups excluding carboxylic acids is 3. The predicted molar refractivity (Wildman–Crippen MR) is 247 cm³/mol. The molecule has 0 aromatic rings. The van der Waals surface area contributed by atoms with Crippen LogP contribution >= 0.6 is 0 Å². The van der Waals surface area contributed by atoms with Crippen molar-refractivity contribution >= 4 is 17.9 Å². The Kier molecular flexibility index (Phi) is 42.7. The Balaban J connectivity index is 4.54. The molecule has 0 aromatic heterocycles. The topological polar surface area (TPSA) is 78.9 Å². The van der Waals surface area contributed by atoms with Crippen molar-refractivity contribution < 1.29 is 28.6 Å². The third-order valence-corrected chi connectivity index (χ3v) is 9.18. The van der Waals surface area contributed by atoms with Crippen molar-refractivity contribution in [2.24, 2.45) is 0 Å². The quantitative estimate of drug-likeness (QED) is 0.0202. The Hall–Kier alpha value is -3.93. The maximum atomic E-state index is 12.7. The van der Waals surface area contributed by atoms with Gasteiger partial charge < -0.3 is 14.2 Å². The Morgan fingerprint density at radius 2 is 0.776 bits per heavy atom. The summed E-state index contributed by atoms with van der Waals surface area (Å²) in [5.41, 5.74) is 0. The molecule has 6 nitrogen and oxygen atoms in total. The van der Waals surface area contributed by atoms with E-state index in [1.807, 2.05) is 60.8 Å². The molecule has 0 saturated heterocycles. The molecule has 0 fully saturated rings. The van der Waals surface area contributed by atoms with E-state index in [1.54, 1.807) is 0 Å². The Labute approximate surface area is 355 Å². The van der Waals surface area contributed by atoms with Crippen LogP contribution in [0.1, 0.15) is 181 Å². The summed E-state index contributed by atoms with van der Waals surface area (Å²) in [6, 6.07) is 0. The van der Waals surface area contributed by atoms with E-state index in [0.717, 1.165) is 77.0 Å². The molecule has 0 bridgehead atoms. The van der Waals surface area contributed by atoms with Crippen LogP contribution in [-0.2, 0) is 28.6 Å². The van der Waals surface area contributed by atoms with Gasteiger partial charge in [-0.15, -0.1) is 0 Å². The van der Waals surface area contributed by atoms with Gasteiger partial charge in [0.25, 0.3) is 0 Å². The highest BCUT2D eigenvalue weighted by Gasteiger charge is 2.19. The zero-order valence-corrected chi connectivity index (χ0v) is 37.0. The summed E-state index contributed by atoms with van der Waals surface area (Å²) in [7, 11) is 0. The minimum Gasteiger partial charge on any atom is -0.462 e. The van der Waals surface area contributed by atoms with Crippen LogP contribution in [0, 0.1) is 0 Å². The van der Waals surface area contributed by atoms with Gasteiger partial charge in [-0.25, -0.2) is 0 Å². The second-order valence-corrected chi connectivity index (χ2v) is 14.7. The summed E-state index contributed by atoms with van der Waals surface area (Å²) in [6.07, 6.45) is 60.7. The Bertz CT molecular complexity index is 1240. The van der Waals surface area contributed by atoms with Crippen LogP contribution in [0.25, 0.3) is 0 Å². The molecule has 0 aliphatic rings. The van der Waals surface area contributed by atoms with Crippen LogP contribution in [-0.4, -0.2) is 37.2 Å². The smallest absolute Gasteiger partial charge is 0.306 e. The van der Waals surface area contributed by atoms with Crippen LogP contribution in [0.5, 0.6) is 0 Å². The van der Waals surface area contributed by atoms with E-state index in [1.165, 1.54) is 57.8 Å². The monoisotopic (exact) mass is 803 g/mol. The van der Waals surface area contributed by atoms with E-state index >= 15 is 0 Å². The molecule has 0 heterocycles. The van der Waals surface area contributed by atoms with Crippen molar-refractivity contribution in [2.75, 3.05) is 13.2 Å². The molecule has 0 saturated carbocycles. The molecule has 0 amide bonds. The number of unbranched alkanes of at least 4 members (excludes halogenated alkanes) is 15. The molecule has 1 unspecified atom stereocenters. The number of allylic oxidation sites excluding steroid dienone is 18. The first kappa shape index (κ1) is 54.1. The van der Waals surface area contributed by atoms with Crippen molar-refractivity contribution in [1.29, 1.82) is 0 Å². The van der Waals surface area contributed by atoms with Crippen molar-refractivity contribution in [2.45, 2.75) is 187 Å². The van der Waals surface area contributed by atoms with Crippen LogP contribution in [0.4, 0.5) is 0 Å². The first-order valence-electron chi connectivity index (χ1n) is 23.0. The second kappa shape index (κ2) is 45.8. The number of rotatable bonds is 39. The van der Waals surface area contributed by atoms with Gasteiger partial charge in [-0.3, -0.25) is 14.4 Å². The summed E-state index contributed by atoms with van der Waals surface area (Å²) in [5.74, 6) is -1.02. The van der Waals surface area contributed by atoms with E-state index in [4.69, 9.17) is 14.2 Å². The lowest BCUT2D eigenvalue weighted by Crippen LogP contribution is -2.30. The molecule has 0 aliphatic heterocycles. The minimum absolute atomic E-state index is 0.118. The van der Waals surface area contributed by atoms with E-state index in [-0.39, 0.29) is 37.5 Å². The minimum atomic E-state index is -0.814. The standard InChI is InChI=1S/C52H82O6/c1-4-7-10-13-16-19-22-24-25-26-27-28-31-33-36-39-42-45-51(54)57-48-49(47-56-50(53)44-41-38-35-32-29-21-18-15-12-9-6-3)58-52(55)46-43-40-37-34-30-23-20-17-14-11-8-5-2/h7,9-10,12-13,16,18-19,21-22,24-28,31-32,35,49H,4-6,8,11,14-15,17,20,23,29-30,33-34,36-48H2,1-3H3/b10-7-,12-9-,16-13-,21-18-,22-19-,25-24-,27-26+,31-28-,35-32-. The number of ether oxygens (including phenoxy) is 3. The number of hydrogen-bond acceptors (Lipinski definition) is 6. The van der Waals surface area contributed by atoms with Crippen molar-refractivity contribution in [3.05, 3.63) is 109 Å². The maximum absolute atomic E-state index is 12.7.